The quantitative estimate of drug-likeness (QED) is 0.854. The third-order valence-electron chi connectivity index (χ3n) is 2.44. The van der Waals surface area contributed by atoms with E-state index in [0.717, 1.165) is 12.1 Å². The highest BCUT2D eigenvalue weighted by molar-refractivity contribution is 7.10. The van der Waals surface area contributed by atoms with Crippen molar-refractivity contribution in [2.75, 3.05) is 0 Å². The van der Waals surface area contributed by atoms with Crippen LogP contribution >= 0.6 is 11.3 Å². The maximum atomic E-state index is 12.6. The van der Waals surface area contributed by atoms with Crippen molar-refractivity contribution in [2.24, 2.45) is 0 Å². The summed E-state index contributed by atoms with van der Waals surface area (Å²) >= 11 is 1.27. The van der Waals surface area contributed by atoms with Gasteiger partial charge in [-0.3, -0.25) is 4.79 Å². The van der Waals surface area contributed by atoms with Gasteiger partial charge in [-0.1, -0.05) is 12.1 Å². The summed E-state index contributed by atoms with van der Waals surface area (Å²) in [6.45, 7) is 1.45. The number of alkyl halides is 3. The van der Waals surface area contributed by atoms with Crippen molar-refractivity contribution in [1.29, 1.82) is 0 Å². The molecule has 0 atom stereocenters. The summed E-state index contributed by atoms with van der Waals surface area (Å²) in [7, 11) is 0. The highest BCUT2D eigenvalue weighted by Crippen LogP contribution is 2.32. The molecule has 19 heavy (non-hydrogen) atoms. The van der Waals surface area contributed by atoms with Crippen LogP contribution in [0.1, 0.15) is 17.5 Å². The van der Waals surface area contributed by atoms with Gasteiger partial charge in [0.15, 0.2) is 0 Å². The van der Waals surface area contributed by atoms with Crippen LogP contribution in [0.2, 0.25) is 0 Å². The number of aromatic nitrogens is 1. The number of ketones is 1. The average molecular weight is 285 g/mol. The van der Waals surface area contributed by atoms with Gasteiger partial charge in [0.25, 0.3) is 0 Å². The predicted octanol–water partition coefficient (Wildman–Crippen LogP) is 3.96. The minimum atomic E-state index is -4.37. The summed E-state index contributed by atoms with van der Waals surface area (Å²) in [5.41, 5.74) is 0.166. The van der Waals surface area contributed by atoms with E-state index in [1.807, 2.05) is 0 Å². The second kappa shape index (κ2) is 5.13. The SMILES string of the molecule is CC(=O)Cc1nc(-c2cccc(C(F)(F)F)c2)cs1. The van der Waals surface area contributed by atoms with E-state index in [1.54, 1.807) is 11.4 Å². The molecule has 0 N–H and O–H groups in total. The minimum Gasteiger partial charge on any atom is -0.300 e. The molecular weight excluding hydrogens is 275 g/mol. The highest BCUT2D eigenvalue weighted by atomic mass is 32.1. The van der Waals surface area contributed by atoms with Gasteiger partial charge in [0.1, 0.15) is 10.8 Å². The van der Waals surface area contributed by atoms with Crippen LogP contribution in [0, 0.1) is 0 Å². The van der Waals surface area contributed by atoms with E-state index < -0.39 is 11.7 Å². The van der Waals surface area contributed by atoms with Gasteiger partial charge in [0.2, 0.25) is 0 Å². The Morgan fingerprint density at radius 1 is 1.37 bits per heavy atom. The molecule has 100 valence electrons. The van der Waals surface area contributed by atoms with E-state index in [-0.39, 0.29) is 12.2 Å². The monoisotopic (exact) mass is 285 g/mol. The number of halogens is 3. The number of thiazole rings is 1. The fourth-order valence-electron chi connectivity index (χ4n) is 1.59. The Balaban J connectivity index is 2.32. The molecule has 0 unspecified atom stereocenters. The second-order valence-corrected chi connectivity index (χ2v) is 5.03. The van der Waals surface area contributed by atoms with Gasteiger partial charge in [-0.2, -0.15) is 13.2 Å². The first-order chi connectivity index (χ1) is 8.86. The maximum Gasteiger partial charge on any atom is 0.416 e. The Labute approximate surface area is 111 Å². The molecule has 1 heterocycles. The molecule has 0 spiro atoms. The van der Waals surface area contributed by atoms with Crippen LogP contribution in [0.3, 0.4) is 0 Å². The number of Topliss-reactive ketones (excluding diaryl/α,β-unsaturated/α-hetero) is 1. The Morgan fingerprint density at radius 3 is 2.74 bits per heavy atom. The summed E-state index contributed by atoms with van der Waals surface area (Å²) in [5, 5.41) is 2.27. The van der Waals surface area contributed by atoms with Gasteiger partial charge in [0, 0.05) is 10.9 Å². The Morgan fingerprint density at radius 2 is 2.11 bits per heavy atom. The van der Waals surface area contributed by atoms with Crippen molar-refractivity contribution in [3.05, 3.63) is 40.2 Å². The van der Waals surface area contributed by atoms with E-state index in [0.29, 0.717) is 16.3 Å². The largest absolute Gasteiger partial charge is 0.416 e. The third-order valence-corrected chi connectivity index (χ3v) is 3.29. The molecule has 2 nitrogen and oxygen atoms in total. The number of benzene rings is 1. The number of hydrogen-bond acceptors (Lipinski definition) is 3. The van der Waals surface area contributed by atoms with E-state index in [1.165, 1.54) is 24.3 Å². The summed E-state index contributed by atoms with van der Waals surface area (Å²) in [6.07, 6.45) is -4.15. The lowest BCUT2D eigenvalue weighted by atomic mass is 10.1. The molecule has 0 radical (unpaired) electrons. The molecule has 2 aromatic rings. The van der Waals surface area contributed by atoms with Crippen molar-refractivity contribution >= 4 is 17.1 Å². The molecule has 6 heteroatoms. The van der Waals surface area contributed by atoms with Gasteiger partial charge in [0.05, 0.1) is 17.7 Å². The Bertz CT molecular complexity index is 604. The van der Waals surface area contributed by atoms with E-state index in [2.05, 4.69) is 4.98 Å². The van der Waals surface area contributed by atoms with Gasteiger partial charge >= 0.3 is 6.18 Å². The lowest BCUT2D eigenvalue weighted by Gasteiger charge is -2.07. The number of carbonyl (C=O) groups excluding carboxylic acids is 1. The molecule has 0 bridgehead atoms. The first-order valence-corrected chi connectivity index (χ1v) is 6.35. The van der Waals surface area contributed by atoms with Crippen molar-refractivity contribution in [1.82, 2.24) is 4.98 Å². The fraction of sp³-hybridized carbons (Fsp3) is 0.231. The fourth-order valence-corrected chi connectivity index (χ4v) is 2.47. The van der Waals surface area contributed by atoms with Gasteiger partial charge < -0.3 is 0 Å². The Kier molecular flexibility index (Phi) is 3.71. The molecule has 0 saturated carbocycles. The van der Waals surface area contributed by atoms with Crippen LogP contribution in [-0.2, 0) is 17.4 Å². The molecule has 0 saturated heterocycles. The standard InChI is InChI=1S/C13H10F3NOS/c1-8(18)5-12-17-11(7-19-12)9-3-2-4-10(6-9)13(14,15)16/h2-4,6-7H,5H2,1H3. The number of rotatable bonds is 3. The lowest BCUT2D eigenvalue weighted by Crippen LogP contribution is -2.04. The third kappa shape index (κ3) is 3.41. The van der Waals surface area contributed by atoms with Crippen LogP contribution in [0.5, 0.6) is 0 Å². The van der Waals surface area contributed by atoms with Crippen LogP contribution < -0.4 is 0 Å². The van der Waals surface area contributed by atoms with Crippen molar-refractivity contribution in [3.8, 4) is 11.3 Å². The molecule has 0 fully saturated rings. The first-order valence-electron chi connectivity index (χ1n) is 5.48. The van der Waals surface area contributed by atoms with Crippen LogP contribution in [0.25, 0.3) is 11.3 Å². The molecule has 1 aromatic carbocycles. The predicted molar refractivity (Wildman–Crippen MR) is 66.9 cm³/mol. The lowest BCUT2D eigenvalue weighted by molar-refractivity contribution is -0.137. The molecule has 0 aliphatic heterocycles. The highest BCUT2D eigenvalue weighted by Gasteiger charge is 2.30. The van der Waals surface area contributed by atoms with Gasteiger partial charge in [-0.25, -0.2) is 4.98 Å². The molecule has 2 rings (SSSR count). The molecule has 1 aromatic heterocycles. The molecule has 0 aliphatic carbocycles. The molecular formula is C13H10F3NOS. The maximum absolute atomic E-state index is 12.6. The van der Waals surface area contributed by atoms with Crippen molar-refractivity contribution in [2.45, 2.75) is 19.5 Å². The summed E-state index contributed by atoms with van der Waals surface area (Å²) < 4.78 is 37.8. The number of carbonyl (C=O) groups is 1. The van der Waals surface area contributed by atoms with Gasteiger partial charge in [-0.05, 0) is 19.1 Å². The zero-order valence-electron chi connectivity index (χ0n) is 9.99. The summed E-state index contributed by atoms with van der Waals surface area (Å²) in [6, 6.07) is 5.00. The van der Waals surface area contributed by atoms with Crippen molar-refractivity contribution in [3.63, 3.8) is 0 Å². The van der Waals surface area contributed by atoms with Crippen LogP contribution in [-0.4, -0.2) is 10.8 Å². The van der Waals surface area contributed by atoms with E-state index in [9.17, 15) is 18.0 Å². The van der Waals surface area contributed by atoms with E-state index >= 15 is 0 Å². The van der Waals surface area contributed by atoms with Crippen molar-refractivity contribution < 1.29 is 18.0 Å². The van der Waals surface area contributed by atoms with Gasteiger partial charge in [-0.15, -0.1) is 11.3 Å². The van der Waals surface area contributed by atoms with E-state index in [4.69, 9.17) is 0 Å². The Hall–Kier alpha value is -1.69. The zero-order chi connectivity index (χ0) is 14.0. The number of hydrogen-bond donors (Lipinski definition) is 0. The normalized spacial score (nSPS) is 11.6. The van der Waals surface area contributed by atoms with Crippen LogP contribution in [0.15, 0.2) is 29.6 Å². The number of nitrogens with zero attached hydrogens (tertiary/aromatic N) is 1. The smallest absolute Gasteiger partial charge is 0.300 e. The average Bonchev–Trinajstić information content (AvgIpc) is 2.76. The summed E-state index contributed by atoms with van der Waals surface area (Å²) in [5.74, 6) is -0.0232. The summed E-state index contributed by atoms with van der Waals surface area (Å²) in [4.78, 5) is 15.1. The minimum absolute atomic E-state index is 0.0232. The molecule has 0 amide bonds. The van der Waals surface area contributed by atoms with Crippen LogP contribution in [0.4, 0.5) is 13.2 Å². The topological polar surface area (TPSA) is 30.0 Å². The second-order valence-electron chi connectivity index (χ2n) is 4.08. The first kappa shape index (κ1) is 13.7. The zero-order valence-corrected chi connectivity index (χ0v) is 10.8. The molecule has 0 aliphatic rings.